The quantitative estimate of drug-likeness (QED) is 0.718. The minimum Gasteiger partial charge on any atom is -0.328 e. The number of hydrogen-bond acceptors (Lipinski definition) is 5. The Morgan fingerprint density at radius 1 is 1.08 bits per heavy atom. The van der Waals surface area contributed by atoms with E-state index in [-0.39, 0.29) is 5.91 Å². The molecular formula is C17H16N6O. The molecule has 3 aromatic heterocycles. The summed E-state index contributed by atoms with van der Waals surface area (Å²) in [7, 11) is 0. The fourth-order valence-electron chi connectivity index (χ4n) is 2.84. The second-order valence-electron chi connectivity index (χ2n) is 5.72. The van der Waals surface area contributed by atoms with Crippen molar-refractivity contribution in [3.63, 3.8) is 0 Å². The van der Waals surface area contributed by atoms with Crippen molar-refractivity contribution in [2.75, 3.05) is 6.54 Å². The third-order valence-corrected chi connectivity index (χ3v) is 4.11. The third-order valence-electron chi connectivity index (χ3n) is 4.11. The average Bonchev–Trinajstić information content (AvgIpc) is 3.05. The summed E-state index contributed by atoms with van der Waals surface area (Å²) < 4.78 is 2.14. The summed E-state index contributed by atoms with van der Waals surface area (Å²) in [5.41, 5.74) is 3.22. The van der Waals surface area contributed by atoms with E-state index in [0.717, 1.165) is 22.8 Å². The van der Waals surface area contributed by atoms with Crippen LogP contribution in [0.5, 0.6) is 0 Å². The maximum Gasteiger partial charge on any atom is 0.274 e. The first-order valence-corrected chi connectivity index (χ1v) is 7.75. The van der Waals surface area contributed by atoms with Gasteiger partial charge in [0.15, 0.2) is 0 Å². The van der Waals surface area contributed by atoms with Gasteiger partial charge in [-0.1, -0.05) is 0 Å². The van der Waals surface area contributed by atoms with Gasteiger partial charge in [-0.2, -0.15) is 0 Å². The first-order valence-electron chi connectivity index (χ1n) is 7.75. The minimum atomic E-state index is -0.111. The summed E-state index contributed by atoms with van der Waals surface area (Å²) >= 11 is 0. The van der Waals surface area contributed by atoms with Crippen LogP contribution in [0.3, 0.4) is 0 Å². The van der Waals surface area contributed by atoms with E-state index in [4.69, 9.17) is 0 Å². The fourth-order valence-corrected chi connectivity index (χ4v) is 2.84. The highest BCUT2D eigenvalue weighted by atomic mass is 16.2. The maximum atomic E-state index is 12.6. The van der Waals surface area contributed by atoms with Gasteiger partial charge < -0.3 is 9.47 Å². The number of amides is 1. The highest BCUT2D eigenvalue weighted by molar-refractivity contribution is 5.92. The summed E-state index contributed by atoms with van der Waals surface area (Å²) in [4.78, 5) is 31.3. The van der Waals surface area contributed by atoms with Crippen LogP contribution in [-0.2, 0) is 13.1 Å². The number of aryl methyl sites for hydroxylation is 1. The molecule has 1 amide bonds. The predicted molar refractivity (Wildman–Crippen MR) is 87.0 cm³/mol. The molecule has 4 rings (SSSR count). The summed E-state index contributed by atoms with van der Waals surface area (Å²) in [5.74, 6) is 0.758. The van der Waals surface area contributed by atoms with Gasteiger partial charge in [-0.25, -0.2) is 9.97 Å². The molecule has 0 spiro atoms. The molecule has 0 atom stereocenters. The van der Waals surface area contributed by atoms with E-state index in [0.29, 0.717) is 25.3 Å². The van der Waals surface area contributed by atoms with Crippen LogP contribution in [0.25, 0.3) is 11.3 Å². The third kappa shape index (κ3) is 2.54. The Kier molecular flexibility index (Phi) is 3.53. The molecule has 7 nitrogen and oxygen atoms in total. The fraction of sp³-hybridized carbons (Fsp3) is 0.235. The van der Waals surface area contributed by atoms with Crippen LogP contribution in [0, 0.1) is 6.92 Å². The van der Waals surface area contributed by atoms with Crippen LogP contribution in [0.1, 0.15) is 22.0 Å². The van der Waals surface area contributed by atoms with Gasteiger partial charge in [0.25, 0.3) is 5.91 Å². The van der Waals surface area contributed by atoms with Crippen LogP contribution in [-0.4, -0.2) is 41.9 Å². The second kappa shape index (κ2) is 5.84. The molecule has 0 fully saturated rings. The predicted octanol–water partition coefficient (Wildman–Crippen LogP) is 1.70. The van der Waals surface area contributed by atoms with Crippen molar-refractivity contribution in [2.45, 2.75) is 20.0 Å². The maximum absolute atomic E-state index is 12.6. The lowest BCUT2D eigenvalue weighted by Gasteiger charge is -2.28. The largest absolute Gasteiger partial charge is 0.328 e. The van der Waals surface area contributed by atoms with Crippen molar-refractivity contribution < 1.29 is 4.79 Å². The van der Waals surface area contributed by atoms with Gasteiger partial charge in [-0.15, -0.1) is 0 Å². The zero-order valence-corrected chi connectivity index (χ0v) is 13.3. The number of nitrogens with zero attached hydrogens (tertiary/aromatic N) is 6. The van der Waals surface area contributed by atoms with Gasteiger partial charge in [0.1, 0.15) is 11.5 Å². The molecule has 0 saturated heterocycles. The van der Waals surface area contributed by atoms with Gasteiger partial charge in [-0.05, 0) is 19.1 Å². The molecule has 1 aliphatic rings. The molecule has 0 aliphatic carbocycles. The van der Waals surface area contributed by atoms with Crippen LogP contribution in [0.2, 0.25) is 0 Å². The SMILES string of the molecule is Cc1cnc(C(=O)N2CCn3c(-c4cccnc4)cnc3C2)cn1. The first kappa shape index (κ1) is 14.5. The van der Waals surface area contributed by atoms with E-state index in [9.17, 15) is 4.79 Å². The smallest absolute Gasteiger partial charge is 0.274 e. The van der Waals surface area contributed by atoms with Crippen molar-refractivity contribution in [3.05, 3.63) is 60.3 Å². The van der Waals surface area contributed by atoms with Crippen molar-refractivity contribution >= 4 is 5.91 Å². The lowest BCUT2D eigenvalue weighted by Crippen LogP contribution is -2.39. The number of carbonyl (C=O) groups is 1. The van der Waals surface area contributed by atoms with Crippen LogP contribution < -0.4 is 0 Å². The molecule has 0 saturated carbocycles. The van der Waals surface area contributed by atoms with E-state index >= 15 is 0 Å². The molecule has 1 aliphatic heterocycles. The van der Waals surface area contributed by atoms with Crippen molar-refractivity contribution in [3.8, 4) is 11.3 Å². The highest BCUT2D eigenvalue weighted by Crippen LogP contribution is 2.23. The van der Waals surface area contributed by atoms with Gasteiger partial charge in [-0.3, -0.25) is 14.8 Å². The molecule has 7 heteroatoms. The zero-order chi connectivity index (χ0) is 16.5. The van der Waals surface area contributed by atoms with E-state index in [2.05, 4.69) is 24.5 Å². The Hall–Kier alpha value is -3.09. The lowest BCUT2D eigenvalue weighted by molar-refractivity contribution is 0.0701. The normalized spacial score (nSPS) is 13.6. The number of rotatable bonds is 2. The van der Waals surface area contributed by atoms with Crippen molar-refractivity contribution in [2.24, 2.45) is 0 Å². The summed E-state index contributed by atoms with van der Waals surface area (Å²) in [6, 6.07) is 3.92. The number of aromatic nitrogens is 5. The minimum absolute atomic E-state index is 0.111. The number of imidazole rings is 1. The first-order chi connectivity index (χ1) is 11.7. The second-order valence-corrected chi connectivity index (χ2v) is 5.72. The van der Waals surface area contributed by atoms with E-state index in [1.165, 1.54) is 6.20 Å². The van der Waals surface area contributed by atoms with Crippen LogP contribution >= 0.6 is 0 Å². The molecule has 0 radical (unpaired) electrons. The van der Waals surface area contributed by atoms with Crippen LogP contribution in [0.15, 0.2) is 43.1 Å². The monoisotopic (exact) mass is 320 g/mol. The van der Waals surface area contributed by atoms with Gasteiger partial charge >= 0.3 is 0 Å². The van der Waals surface area contributed by atoms with Crippen molar-refractivity contribution in [1.29, 1.82) is 0 Å². The van der Waals surface area contributed by atoms with E-state index in [1.54, 1.807) is 17.3 Å². The molecule has 0 unspecified atom stereocenters. The summed E-state index contributed by atoms with van der Waals surface area (Å²) in [6.07, 6.45) is 8.55. The standard InChI is InChI=1S/C17H16N6O/c1-12-7-20-14(9-19-12)17(24)22-5-6-23-15(10-21-16(23)11-22)13-3-2-4-18-8-13/h2-4,7-10H,5-6,11H2,1H3. The molecule has 120 valence electrons. The topological polar surface area (TPSA) is 76.8 Å². The Bertz CT molecular complexity index is 872. The highest BCUT2D eigenvalue weighted by Gasteiger charge is 2.25. The lowest BCUT2D eigenvalue weighted by atomic mass is 10.2. The molecule has 0 aromatic carbocycles. The molecule has 4 heterocycles. The number of pyridine rings is 1. The van der Waals surface area contributed by atoms with Gasteiger partial charge in [0.05, 0.1) is 30.3 Å². The molecule has 0 bridgehead atoms. The molecule has 3 aromatic rings. The molecule has 0 N–H and O–H groups in total. The number of fused-ring (bicyclic) bond motifs is 1. The van der Waals surface area contributed by atoms with Crippen LogP contribution in [0.4, 0.5) is 0 Å². The molecular weight excluding hydrogens is 304 g/mol. The van der Waals surface area contributed by atoms with E-state index < -0.39 is 0 Å². The van der Waals surface area contributed by atoms with Gasteiger partial charge in [0.2, 0.25) is 0 Å². The van der Waals surface area contributed by atoms with E-state index in [1.807, 2.05) is 31.5 Å². The van der Waals surface area contributed by atoms with Gasteiger partial charge in [0, 0.05) is 37.2 Å². The Morgan fingerprint density at radius 2 is 2.00 bits per heavy atom. The Balaban J connectivity index is 1.58. The number of hydrogen-bond donors (Lipinski definition) is 0. The van der Waals surface area contributed by atoms with Crippen molar-refractivity contribution in [1.82, 2.24) is 29.4 Å². The number of carbonyl (C=O) groups excluding carboxylic acids is 1. The summed E-state index contributed by atoms with van der Waals surface area (Å²) in [6.45, 7) is 3.63. The summed E-state index contributed by atoms with van der Waals surface area (Å²) in [5, 5.41) is 0. The molecule has 24 heavy (non-hydrogen) atoms. The Morgan fingerprint density at radius 3 is 2.75 bits per heavy atom. The average molecular weight is 320 g/mol. The Labute approximate surface area is 139 Å². The zero-order valence-electron chi connectivity index (χ0n) is 13.3.